The first-order valence-electron chi connectivity index (χ1n) is 4.80. The van der Waals surface area contributed by atoms with Crippen molar-refractivity contribution in [1.82, 2.24) is 0 Å². The maximum Gasteiger partial charge on any atom is 0.308 e. The Morgan fingerprint density at radius 1 is 1.56 bits per heavy atom. The van der Waals surface area contributed by atoms with Crippen LogP contribution in [0.3, 0.4) is 0 Å². The van der Waals surface area contributed by atoms with Gasteiger partial charge in [-0.2, -0.15) is 0 Å². The van der Waals surface area contributed by atoms with Crippen molar-refractivity contribution in [2.75, 3.05) is 6.26 Å². The van der Waals surface area contributed by atoms with E-state index in [-0.39, 0.29) is 10.8 Å². The van der Waals surface area contributed by atoms with Gasteiger partial charge in [0.05, 0.1) is 17.2 Å². The molecule has 4 nitrogen and oxygen atoms in total. The number of ether oxygens (including phenoxy) is 1. The Morgan fingerprint density at radius 2 is 2.06 bits per heavy atom. The summed E-state index contributed by atoms with van der Waals surface area (Å²) in [7, 11) is -1.27. The molecule has 0 rings (SSSR count). The molecule has 0 aromatic rings. The van der Waals surface area contributed by atoms with Crippen LogP contribution in [0.5, 0.6) is 0 Å². The molecule has 0 heterocycles. The van der Waals surface area contributed by atoms with E-state index in [1.165, 1.54) is 12.3 Å². The second-order valence-electron chi connectivity index (χ2n) is 4.38. The van der Waals surface area contributed by atoms with Crippen LogP contribution in [0.2, 0.25) is 0 Å². The Balaban J connectivity index is 4.26. The van der Waals surface area contributed by atoms with Crippen molar-refractivity contribution in [3.05, 3.63) is 10.4 Å². The lowest BCUT2D eigenvalue weighted by Crippen LogP contribution is -2.29. The lowest BCUT2D eigenvalue weighted by molar-refractivity contribution is -0.154. The highest BCUT2D eigenvalue weighted by molar-refractivity contribution is 7.90. The molecule has 0 saturated carbocycles. The van der Waals surface area contributed by atoms with E-state index in [0.717, 1.165) is 0 Å². The van der Waals surface area contributed by atoms with Gasteiger partial charge in [-0.15, -0.1) is 0 Å². The van der Waals surface area contributed by atoms with Crippen molar-refractivity contribution >= 4 is 28.4 Å². The largest absolute Gasteiger partial charge is 0.460 e. The zero-order valence-corrected chi connectivity index (χ0v) is 11.5. The zero-order chi connectivity index (χ0) is 12.9. The van der Waals surface area contributed by atoms with E-state index in [2.05, 4.69) is 0 Å². The molecule has 94 valence electrons. The molecule has 0 aromatic carbocycles. The van der Waals surface area contributed by atoms with Crippen LogP contribution in [0.4, 0.5) is 0 Å². The number of nitrogens with two attached hydrogens (primary N) is 1. The van der Waals surface area contributed by atoms with Crippen LogP contribution in [0, 0.1) is 0 Å². The minimum absolute atomic E-state index is 0.0185. The van der Waals surface area contributed by atoms with Crippen LogP contribution in [0.15, 0.2) is 10.4 Å². The minimum Gasteiger partial charge on any atom is -0.460 e. The van der Waals surface area contributed by atoms with Gasteiger partial charge in [-0.25, -0.2) is 0 Å². The van der Waals surface area contributed by atoms with Gasteiger partial charge < -0.3 is 10.5 Å². The summed E-state index contributed by atoms with van der Waals surface area (Å²) in [4.78, 5) is 11.4. The first-order chi connectivity index (χ1) is 7.11. The van der Waals surface area contributed by atoms with E-state index in [1.807, 2.05) is 0 Å². The monoisotopic (exact) mass is 267 g/mol. The van der Waals surface area contributed by atoms with Crippen molar-refractivity contribution < 1.29 is 13.7 Å². The number of rotatable bonds is 4. The zero-order valence-electron chi connectivity index (χ0n) is 9.95. The topological polar surface area (TPSA) is 69.4 Å². The fourth-order valence-electron chi connectivity index (χ4n) is 0.899. The van der Waals surface area contributed by atoms with Gasteiger partial charge >= 0.3 is 5.97 Å². The SMILES string of the molecule is CS(=O)/C(Cl)=C/C(N)CC(=O)OC(C)(C)C. The molecule has 16 heavy (non-hydrogen) atoms. The summed E-state index contributed by atoms with van der Waals surface area (Å²) in [6.45, 7) is 5.33. The van der Waals surface area contributed by atoms with E-state index in [4.69, 9.17) is 22.1 Å². The molecule has 0 bridgehead atoms. The van der Waals surface area contributed by atoms with E-state index < -0.39 is 28.4 Å². The molecule has 0 aliphatic rings. The first-order valence-corrected chi connectivity index (χ1v) is 6.73. The molecule has 2 unspecified atom stereocenters. The van der Waals surface area contributed by atoms with Crippen LogP contribution < -0.4 is 5.73 Å². The Morgan fingerprint density at radius 3 is 2.44 bits per heavy atom. The van der Waals surface area contributed by atoms with Crippen molar-refractivity contribution in [3.63, 3.8) is 0 Å². The van der Waals surface area contributed by atoms with Crippen LogP contribution in [-0.4, -0.2) is 28.1 Å². The quantitative estimate of drug-likeness (QED) is 0.784. The molecule has 0 radical (unpaired) electrons. The van der Waals surface area contributed by atoms with Crippen LogP contribution in [0.1, 0.15) is 27.2 Å². The van der Waals surface area contributed by atoms with E-state index in [9.17, 15) is 9.00 Å². The summed E-state index contributed by atoms with van der Waals surface area (Å²) in [6, 6.07) is -0.578. The molecular weight excluding hydrogens is 250 g/mol. The smallest absolute Gasteiger partial charge is 0.308 e. The number of carbonyl (C=O) groups is 1. The van der Waals surface area contributed by atoms with Gasteiger partial charge in [0.15, 0.2) is 0 Å². The average molecular weight is 268 g/mol. The highest BCUT2D eigenvalue weighted by atomic mass is 35.5. The standard InChI is InChI=1S/C10H18ClNO3S/c1-10(2,3)15-9(13)6-7(12)5-8(11)16(4)14/h5,7H,6,12H2,1-4H3/b8-5+. The molecule has 6 heteroatoms. The Hall–Kier alpha value is -0.390. The van der Waals surface area contributed by atoms with Crippen LogP contribution >= 0.6 is 11.6 Å². The van der Waals surface area contributed by atoms with Gasteiger partial charge in [-0.3, -0.25) is 9.00 Å². The molecule has 0 aromatic heterocycles. The summed E-state index contributed by atoms with van der Waals surface area (Å²) >= 11 is 5.66. The predicted octanol–water partition coefficient (Wildman–Crippen LogP) is 1.50. The molecule has 0 saturated heterocycles. The number of hydrogen-bond acceptors (Lipinski definition) is 4. The average Bonchev–Trinajstić information content (AvgIpc) is 1.98. The summed E-state index contributed by atoms with van der Waals surface area (Å²) < 4.78 is 16.2. The fourth-order valence-corrected chi connectivity index (χ4v) is 1.43. The number of esters is 1. The normalized spacial score (nSPS) is 16.8. The molecule has 2 atom stereocenters. The summed E-state index contributed by atoms with van der Waals surface area (Å²) in [5, 5.41) is 0. The molecule has 0 amide bonds. The fraction of sp³-hybridized carbons (Fsp3) is 0.700. The number of carbonyl (C=O) groups excluding carboxylic acids is 1. The lowest BCUT2D eigenvalue weighted by Gasteiger charge is -2.20. The van der Waals surface area contributed by atoms with Gasteiger partial charge in [0.1, 0.15) is 9.97 Å². The van der Waals surface area contributed by atoms with Crippen molar-refractivity contribution in [2.45, 2.75) is 38.8 Å². The van der Waals surface area contributed by atoms with Gasteiger partial charge in [-0.05, 0) is 26.8 Å². The van der Waals surface area contributed by atoms with Gasteiger partial charge in [-0.1, -0.05) is 11.6 Å². The third-order valence-corrected chi connectivity index (χ3v) is 2.91. The summed E-state index contributed by atoms with van der Waals surface area (Å²) in [5.74, 6) is -0.400. The Labute approximate surface area is 104 Å². The second-order valence-corrected chi connectivity index (χ2v) is 6.36. The summed E-state index contributed by atoms with van der Waals surface area (Å²) in [5.41, 5.74) is 5.11. The molecule has 0 spiro atoms. The Kier molecular flexibility index (Phi) is 6.22. The summed E-state index contributed by atoms with van der Waals surface area (Å²) in [6.07, 6.45) is 2.87. The third-order valence-electron chi connectivity index (χ3n) is 1.44. The third kappa shape index (κ3) is 7.84. The maximum atomic E-state index is 11.4. The lowest BCUT2D eigenvalue weighted by atomic mass is 10.2. The highest BCUT2D eigenvalue weighted by Crippen LogP contribution is 2.11. The minimum atomic E-state index is -1.27. The van der Waals surface area contributed by atoms with Crippen molar-refractivity contribution in [1.29, 1.82) is 0 Å². The highest BCUT2D eigenvalue weighted by Gasteiger charge is 2.18. The molecule has 2 N–H and O–H groups in total. The number of hydrogen-bond donors (Lipinski definition) is 1. The van der Waals surface area contributed by atoms with E-state index in [0.29, 0.717) is 0 Å². The van der Waals surface area contributed by atoms with Gasteiger partial charge in [0.2, 0.25) is 0 Å². The molecule has 0 aliphatic carbocycles. The van der Waals surface area contributed by atoms with Crippen molar-refractivity contribution in [3.8, 4) is 0 Å². The predicted molar refractivity (Wildman–Crippen MR) is 66.4 cm³/mol. The van der Waals surface area contributed by atoms with Crippen LogP contribution in [-0.2, 0) is 20.3 Å². The van der Waals surface area contributed by atoms with E-state index in [1.54, 1.807) is 20.8 Å². The van der Waals surface area contributed by atoms with Crippen molar-refractivity contribution in [2.24, 2.45) is 5.73 Å². The maximum absolute atomic E-state index is 11.4. The molecule has 0 fully saturated rings. The number of halogens is 1. The molecular formula is C10H18ClNO3S. The first kappa shape index (κ1) is 15.6. The second kappa shape index (κ2) is 6.37. The molecule has 0 aliphatic heterocycles. The van der Waals surface area contributed by atoms with Crippen LogP contribution in [0.25, 0.3) is 0 Å². The van der Waals surface area contributed by atoms with Gasteiger partial charge in [0, 0.05) is 12.3 Å². The van der Waals surface area contributed by atoms with E-state index >= 15 is 0 Å². The Bertz CT molecular complexity index is 310. The van der Waals surface area contributed by atoms with Gasteiger partial charge in [0.25, 0.3) is 0 Å².